The predicted molar refractivity (Wildman–Crippen MR) is 130 cm³/mol. The summed E-state index contributed by atoms with van der Waals surface area (Å²) in [5.74, 6) is -0.376. The predicted octanol–water partition coefficient (Wildman–Crippen LogP) is -0.382. The van der Waals surface area contributed by atoms with Crippen molar-refractivity contribution in [2.45, 2.75) is 42.9 Å². The molecule has 0 amide bonds. The van der Waals surface area contributed by atoms with Crippen molar-refractivity contribution in [2.24, 2.45) is 11.8 Å². The Labute approximate surface area is 219 Å². The largest absolute Gasteiger partial charge is 0.504 e. The van der Waals surface area contributed by atoms with Crippen molar-refractivity contribution in [3.63, 3.8) is 0 Å². The smallest absolute Gasteiger partial charge is 0.229 e. The number of aromatic hydroxyl groups is 1. The minimum atomic E-state index is -1.59. The lowest BCUT2D eigenvalue weighted by Gasteiger charge is -2.39. The summed E-state index contributed by atoms with van der Waals surface area (Å²) in [6, 6.07) is 9.40. The van der Waals surface area contributed by atoms with Gasteiger partial charge in [0.25, 0.3) is 0 Å². The van der Waals surface area contributed by atoms with Crippen molar-refractivity contribution in [3.8, 4) is 23.0 Å². The molecule has 0 aliphatic carbocycles. The summed E-state index contributed by atoms with van der Waals surface area (Å²) < 4.78 is 27.7. The number of benzene rings is 2. The van der Waals surface area contributed by atoms with E-state index in [0.29, 0.717) is 11.1 Å². The molecule has 0 bridgehead atoms. The van der Waals surface area contributed by atoms with Gasteiger partial charge in [-0.3, -0.25) is 0 Å². The van der Waals surface area contributed by atoms with E-state index in [1.807, 2.05) is 0 Å². The fourth-order valence-corrected chi connectivity index (χ4v) is 4.96. The van der Waals surface area contributed by atoms with Crippen LogP contribution in [0.4, 0.5) is 0 Å². The minimum absolute atomic E-state index is 0.0548. The van der Waals surface area contributed by atoms with Crippen LogP contribution in [-0.2, 0) is 9.47 Å². The van der Waals surface area contributed by atoms with Gasteiger partial charge in [0.15, 0.2) is 23.0 Å². The molecule has 0 unspecified atom stereocenters. The maximum atomic E-state index is 11.1. The average molecular weight is 539 g/mol. The number of aliphatic hydroxyl groups excluding tert-OH is 6. The number of ether oxygens (including phenoxy) is 5. The third-order valence-corrected chi connectivity index (χ3v) is 7.18. The zero-order valence-electron chi connectivity index (χ0n) is 21.0. The zero-order valence-corrected chi connectivity index (χ0v) is 21.0. The summed E-state index contributed by atoms with van der Waals surface area (Å²) >= 11 is 0. The van der Waals surface area contributed by atoms with Gasteiger partial charge in [-0.2, -0.15) is 0 Å². The van der Waals surface area contributed by atoms with Gasteiger partial charge >= 0.3 is 0 Å². The van der Waals surface area contributed by atoms with Gasteiger partial charge < -0.3 is 59.4 Å². The van der Waals surface area contributed by atoms with Crippen LogP contribution in [0.25, 0.3) is 0 Å². The Balaban J connectivity index is 1.52. The molecule has 2 aliphatic rings. The molecule has 0 aromatic heterocycles. The van der Waals surface area contributed by atoms with E-state index in [1.165, 1.54) is 26.4 Å². The highest BCUT2D eigenvalue weighted by Gasteiger charge is 2.45. The first-order chi connectivity index (χ1) is 18.2. The first-order valence-electron chi connectivity index (χ1n) is 12.2. The van der Waals surface area contributed by atoms with Crippen molar-refractivity contribution < 1.29 is 59.4 Å². The first kappa shape index (κ1) is 28.3. The van der Waals surface area contributed by atoms with E-state index in [2.05, 4.69) is 0 Å². The quantitative estimate of drug-likeness (QED) is 0.220. The average Bonchev–Trinajstić information content (AvgIpc) is 3.37. The second-order valence-electron chi connectivity index (χ2n) is 9.37. The van der Waals surface area contributed by atoms with Crippen LogP contribution in [0.2, 0.25) is 0 Å². The Hall–Kier alpha value is -2.68. The monoisotopic (exact) mass is 538 g/mol. The number of hydrogen-bond acceptors (Lipinski definition) is 12. The molecule has 2 fully saturated rings. The Bertz CT molecular complexity index is 1080. The molecule has 0 radical (unpaired) electrons. The van der Waals surface area contributed by atoms with Crippen LogP contribution < -0.4 is 14.2 Å². The number of hydrogen-bond donors (Lipinski definition) is 7. The van der Waals surface area contributed by atoms with Gasteiger partial charge in [0.1, 0.15) is 24.4 Å². The normalized spacial score (nSPS) is 32.1. The fourth-order valence-electron chi connectivity index (χ4n) is 4.96. The van der Waals surface area contributed by atoms with E-state index in [4.69, 9.17) is 23.7 Å². The Kier molecular flexibility index (Phi) is 8.96. The summed E-state index contributed by atoms with van der Waals surface area (Å²) in [6.07, 6.45) is -8.80. The van der Waals surface area contributed by atoms with Crippen LogP contribution in [0, 0.1) is 11.8 Å². The first-order valence-corrected chi connectivity index (χ1v) is 12.2. The van der Waals surface area contributed by atoms with Crippen LogP contribution in [0.1, 0.15) is 23.3 Å². The van der Waals surface area contributed by atoms with Crippen LogP contribution >= 0.6 is 0 Å². The minimum Gasteiger partial charge on any atom is -0.504 e. The van der Waals surface area contributed by atoms with Gasteiger partial charge in [-0.1, -0.05) is 12.1 Å². The van der Waals surface area contributed by atoms with E-state index in [0.717, 1.165) is 0 Å². The van der Waals surface area contributed by atoms with Gasteiger partial charge in [0, 0.05) is 18.4 Å². The number of phenolic OH excluding ortho intramolecular Hbond substituents is 1. The molecule has 12 heteroatoms. The van der Waals surface area contributed by atoms with Crippen LogP contribution in [0.5, 0.6) is 23.0 Å². The number of methoxy groups -OCH3 is 2. The Morgan fingerprint density at radius 2 is 1.63 bits per heavy atom. The second-order valence-corrected chi connectivity index (χ2v) is 9.37. The summed E-state index contributed by atoms with van der Waals surface area (Å²) in [4.78, 5) is 0. The zero-order chi connectivity index (χ0) is 27.6. The number of phenols is 1. The number of rotatable bonds is 9. The maximum absolute atomic E-state index is 11.1. The highest BCUT2D eigenvalue weighted by Crippen LogP contribution is 2.46. The lowest BCUT2D eigenvalue weighted by atomic mass is 9.82. The molecule has 2 aromatic carbocycles. The topological polar surface area (TPSA) is 188 Å². The maximum Gasteiger partial charge on any atom is 0.229 e. The molecular formula is C26H34O12. The molecule has 2 saturated heterocycles. The highest BCUT2D eigenvalue weighted by molar-refractivity contribution is 5.45. The summed E-state index contributed by atoms with van der Waals surface area (Å²) in [5, 5.41) is 70.8. The molecule has 4 rings (SSSR count). The van der Waals surface area contributed by atoms with Crippen molar-refractivity contribution in [1.82, 2.24) is 0 Å². The standard InChI is InChI=1S/C26H34O12/c1-34-18-7-12(3-5-16(18)29)21(30)15-11-36-25(14(15)9-27)13-4-6-17(19(8-13)35-2)37-26-24(33)23(32)22(31)20(10-28)38-26/h3-8,14-15,20-33H,9-11H2,1-2H3/t14-,15-,20+,21-,22+,23-,24+,25+,26+/m1/s1. The SMILES string of the molecule is COc1cc([C@@H](O)[C@@H]2CO[C@@H](c3ccc(O[C@H]4O[C@@H](CO)[C@H](O)[C@@H](O)[C@@H]4O)c(OC)c3)[C@@H]2CO)ccc1O. The highest BCUT2D eigenvalue weighted by atomic mass is 16.7. The van der Waals surface area contributed by atoms with Crippen LogP contribution in [-0.4, -0.2) is 100 Å². The summed E-state index contributed by atoms with van der Waals surface area (Å²) in [5.41, 5.74) is 1.15. The van der Waals surface area contributed by atoms with Gasteiger partial charge in [0.05, 0.1) is 39.6 Å². The third-order valence-electron chi connectivity index (χ3n) is 7.18. The van der Waals surface area contributed by atoms with Crippen molar-refractivity contribution in [1.29, 1.82) is 0 Å². The summed E-state index contributed by atoms with van der Waals surface area (Å²) in [6.45, 7) is -0.703. The summed E-state index contributed by atoms with van der Waals surface area (Å²) in [7, 11) is 2.82. The van der Waals surface area contributed by atoms with Gasteiger partial charge in [0.2, 0.25) is 6.29 Å². The Morgan fingerprint density at radius 1 is 0.895 bits per heavy atom. The van der Waals surface area contributed by atoms with Crippen molar-refractivity contribution in [2.75, 3.05) is 34.0 Å². The molecule has 2 aliphatic heterocycles. The van der Waals surface area contributed by atoms with E-state index < -0.39 is 61.4 Å². The van der Waals surface area contributed by atoms with Crippen LogP contribution in [0.3, 0.4) is 0 Å². The second kappa shape index (κ2) is 12.0. The lowest BCUT2D eigenvalue weighted by Crippen LogP contribution is -2.60. The molecule has 12 nitrogen and oxygen atoms in total. The molecule has 210 valence electrons. The molecule has 7 N–H and O–H groups in total. The van der Waals surface area contributed by atoms with E-state index in [9.17, 15) is 35.7 Å². The lowest BCUT2D eigenvalue weighted by molar-refractivity contribution is -0.277. The van der Waals surface area contributed by atoms with Gasteiger partial charge in [-0.25, -0.2) is 0 Å². The Morgan fingerprint density at radius 3 is 2.29 bits per heavy atom. The third kappa shape index (κ3) is 5.40. The van der Waals surface area contributed by atoms with E-state index in [1.54, 1.807) is 24.3 Å². The van der Waals surface area contributed by atoms with Crippen molar-refractivity contribution >= 4 is 0 Å². The molecule has 2 heterocycles. The van der Waals surface area contributed by atoms with Gasteiger partial charge in [-0.05, 0) is 35.4 Å². The molecule has 2 aromatic rings. The number of aliphatic hydroxyl groups is 6. The van der Waals surface area contributed by atoms with Crippen LogP contribution in [0.15, 0.2) is 36.4 Å². The molecular weight excluding hydrogens is 504 g/mol. The molecule has 38 heavy (non-hydrogen) atoms. The van der Waals surface area contributed by atoms with Gasteiger partial charge in [-0.15, -0.1) is 0 Å². The molecule has 9 atom stereocenters. The van der Waals surface area contributed by atoms with E-state index >= 15 is 0 Å². The molecule has 0 saturated carbocycles. The van der Waals surface area contributed by atoms with E-state index in [-0.39, 0.29) is 36.2 Å². The molecule has 0 spiro atoms. The van der Waals surface area contributed by atoms with Crippen molar-refractivity contribution in [3.05, 3.63) is 47.5 Å². The fraction of sp³-hybridized carbons (Fsp3) is 0.538.